The molecule has 2 rings (SSSR count). The number of rotatable bonds is 1. The van der Waals surface area contributed by atoms with E-state index in [1.165, 1.54) is 6.07 Å². The largest absolute Gasteiger partial charge is 0.204 e. The third-order valence-electron chi connectivity index (χ3n) is 3.34. The second-order valence-electron chi connectivity index (χ2n) is 4.75. The molecule has 0 bridgehead atoms. The van der Waals surface area contributed by atoms with Gasteiger partial charge in [0.25, 0.3) is 0 Å². The van der Waals surface area contributed by atoms with Gasteiger partial charge in [-0.05, 0) is 43.7 Å². The van der Waals surface area contributed by atoms with Crippen LogP contribution >= 0.6 is 0 Å². The van der Waals surface area contributed by atoms with Crippen LogP contribution in [0, 0.1) is 23.4 Å². The van der Waals surface area contributed by atoms with Crippen molar-refractivity contribution in [3.63, 3.8) is 0 Å². The van der Waals surface area contributed by atoms with Gasteiger partial charge in [0, 0.05) is 5.56 Å². The van der Waals surface area contributed by atoms with Gasteiger partial charge in [-0.3, -0.25) is 0 Å². The maximum Gasteiger partial charge on any atom is 0.195 e. The molecule has 0 nitrogen and oxygen atoms in total. The summed E-state index contributed by atoms with van der Waals surface area (Å²) >= 11 is 0. The lowest BCUT2D eigenvalue weighted by Gasteiger charge is -2.20. The zero-order chi connectivity index (χ0) is 12.4. The Balaban J connectivity index is 2.24. The minimum Gasteiger partial charge on any atom is -0.204 e. The summed E-state index contributed by atoms with van der Waals surface area (Å²) in [6.07, 6.45) is 5.65. The highest BCUT2D eigenvalue weighted by Gasteiger charge is 2.15. The molecule has 92 valence electrons. The number of benzene rings is 1. The van der Waals surface area contributed by atoms with Gasteiger partial charge in [-0.25, -0.2) is 13.2 Å². The molecule has 1 aliphatic rings. The zero-order valence-corrected chi connectivity index (χ0v) is 9.77. The first-order valence-corrected chi connectivity index (χ1v) is 5.91. The fraction of sp³-hybridized carbons (Fsp3) is 0.429. The quantitative estimate of drug-likeness (QED) is 0.624. The SMILES string of the molecule is CC1CCC(=Cc2ccc(F)c(F)c2F)CC1. The summed E-state index contributed by atoms with van der Waals surface area (Å²) in [4.78, 5) is 0. The predicted molar refractivity (Wildman–Crippen MR) is 61.9 cm³/mol. The summed E-state index contributed by atoms with van der Waals surface area (Å²) in [6, 6.07) is 2.26. The van der Waals surface area contributed by atoms with Gasteiger partial charge in [-0.15, -0.1) is 0 Å². The van der Waals surface area contributed by atoms with Crippen LogP contribution in [-0.2, 0) is 0 Å². The van der Waals surface area contributed by atoms with E-state index in [9.17, 15) is 13.2 Å². The second-order valence-corrected chi connectivity index (χ2v) is 4.75. The van der Waals surface area contributed by atoms with Gasteiger partial charge in [-0.1, -0.05) is 18.6 Å². The maximum atomic E-state index is 13.4. The van der Waals surface area contributed by atoms with Crippen LogP contribution < -0.4 is 0 Å². The standard InChI is InChI=1S/C14H15F3/c1-9-2-4-10(5-3-9)8-11-6-7-12(15)14(17)13(11)16/h6-9H,2-5H2,1H3. The van der Waals surface area contributed by atoms with Gasteiger partial charge in [0.1, 0.15) is 0 Å². The van der Waals surface area contributed by atoms with Crippen LogP contribution in [0.3, 0.4) is 0 Å². The molecule has 0 amide bonds. The number of hydrogen-bond acceptors (Lipinski definition) is 0. The molecule has 0 aromatic heterocycles. The van der Waals surface area contributed by atoms with E-state index in [4.69, 9.17) is 0 Å². The van der Waals surface area contributed by atoms with E-state index in [2.05, 4.69) is 6.92 Å². The third kappa shape index (κ3) is 2.71. The molecule has 0 N–H and O–H groups in total. The number of halogens is 3. The highest BCUT2D eigenvalue weighted by Crippen LogP contribution is 2.29. The first kappa shape index (κ1) is 12.2. The Morgan fingerprint density at radius 3 is 2.35 bits per heavy atom. The van der Waals surface area contributed by atoms with Crippen LogP contribution in [0.1, 0.15) is 38.2 Å². The van der Waals surface area contributed by atoms with Crippen LogP contribution in [-0.4, -0.2) is 0 Å². The van der Waals surface area contributed by atoms with Crippen molar-refractivity contribution in [2.45, 2.75) is 32.6 Å². The molecule has 1 aliphatic carbocycles. The van der Waals surface area contributed by atoms with E-state index in [1.807, 2.05) is 0 Å². The molecule has 0 heterocycles. The summed E-state index contributed by atoms with van der Waals surface area (Å²) in [5.74, 6) is -2.91. The Kier molecular flexibility index (Phi) is 3.55. The molecular weight excluding hydrogens is 225 g/mol. The van der Waals surface area contributed by atoms with E-state index >= 15 is 0 Å². The van der Waals surface area contributed by atoms with Gasteiger partial charge < -0.3 is 0 Å². The topological polar surface area (TPSA) is 0 Å². The molecule has 1 fully saturated rings. The van der Waals surface area contributed by atoms with E-state index < -0.39 is 17.5 Å². The molecule has 0 atom stereocenters. The van der Waals surface area contributed by atoms with Gasteiger partial charge in [-0.2, -0.15) is 0 Å². The zero-order valence-electron chi connectivity index (χ0n) is 9.77. The molecule has 0 saturated heterocycles. The van der Waals surface area contributed by atoms with Crippen LogP contribution in [0.5, 0.6) is 0 Å². The fourth-order valence-corrected chi connectivity index (χ4v) is 2.15. The van der Waals surface area contributed by atoms with Crippen molar-refractivity contribution < 1.29 is 13.2 Å². The first-order valence-electron chi connectivity index (χ1n) is 5.91. The fourth-order valence-electron chi connectivity index (χ4n) is 2.15. The lowest BCUT2D eigenvalue weighted by molar-refractivity contribution is 0.442. The van der Waals surface area contributed by atoms with E-state index in [1.54, 1.807) is 6.08 Å². The summed E-state index contributed by atoms with van der Waals surface area (Å²) in [5, 5.41) is 0. The normalized spacial score (nSPS) is 20.5. The summed E-state index contributed by atoms with van der Waals surface area (Å²) < 4.78 is 39.2. The van der Waals surface area contributed by atoms with Crippen molar-refractivity contribution in [3.8, 4) is 0 Å². The van der Waals surface area contributed by atoms with Crippen LogP contribution in [0.2, 0.25) is 0 Å². The van der Waals surface area contributed by atoms with Gasteiger partial charge in [0.2, 0.25) is 0 Å². The lowest BCUT2D eigenvalue weighted by Crippen LogP contribution is -2.04. The lowest BCUT2D eigenvalue weighted by atomic mass is 9.86. The van der Waals surface area contributed by atoms with Gasteiger partial charge >= 0.3 is 0 Å². The summed E-state index contributed by atoms with van der Waals surface area (Å²) in [7, 11) is 0. The van der Waals surface area contributed by atoms with E-state index in [-0.39, 0.29) is 5.56 Å². The van der Waals surface area contributed by atoms with Crippen molar-refractivity contribution in [3.05, 3.63) is 40.7 Å². The average molecular weight is 240 g/mol. The third-order valence-corrected chi connectivity index (χ3v) is 3.34. The molecule has 3 heteroatoms. The molecule has 0 spiro atoms. The van der Waals surface area contributed by atoms with Gasteiger partial charge in [0.15, 0.2) is 17.5 Å². The number of allylic oxidation sites excluding steroid dienone is 1. The molecule has 17 heavy (non-hydrogen) atoms. The smallest absolute Gasteiger partial charge is 0.195 e. The molecule has 0 radical (unpaired) electrons. The van der Waals surface area contributed by atoms with Crippen molar-refractivity contribution in [1.82, 2.24) is 0 Å². The van der Waals surface area contributed by atoms with Gasteiger partial charge in [0.05, 0.1) is 0 Å². The van der Waals surface area contributed by atoms with Crippen LogP contribution in [0.25, 0.3) is 6.08 Å². The van der Waals surface area contributed by atoms with Crippen molar-refractivity contribution in [2.75, 3.05) is 0 Å². The molecule has 1 saturated carbocycles. The predicted octanol–water partition coefficient (Wildman–Crippen LogP) is 4.70. The van der Waals surface area contributed by atoms with Crippen molar-refractivity contribution in [1.29, 1.82) is 0 Å². The molecule has 0 unspecified atom stereocenters. The first-order chi connectivity index (χ1) is 8.08. The molecule has 1 aromatic rings. The highest BCUT2D eigenvalue weighted by atomic mass is 19.2. The summed E-state index contributed by atoms with van der Waals surface area (Å²) in [6.45, 7) is 2.19. The summed E-state index contributed by atoms with van der Waals surface area (Å²) in [5.41, 5.74) is 1.27. The Bertz CT molecular complexity index is 439. The van der Waals surface area contributed by atoms with Crippen molar-refractivity contribution >= 4 is 6.08 Å². The molecule has 1 aromatic carbocycles. The van der Waals surface area contributed by atoms with Crippen LogP contribution in [0.4, 0.5) is 13.2 Å². The Morgan fingerprint density at radius 2 is 1.71 bits per heavy atom. The minimum absolute atomic E-state index is 0.147. The molecular formula is C14H15F3. The Morgan fingerprint density at radius 1 is 1.06 bits per heavy atom. The Hall–Kier alpha value is -1.25. The number of hydrogen-bond donors (Lipinski definition) is 0. The Labute approximate surface area is 99.2 Å². The van der Waals surface area contributed by atoms with E-state index in [0.29, 0.717) is 5.92 Å². The highest BCUT2D eigenvalue weighted by molar-refractivity contribution is 5.54. The maximum absolute atomic E-state index is 13.4. The monoisotopic (exact) mass is 240 g/mol. The van der Waals surface area contributed by atoms with Crippen LogP contribution in [0.15, 0.2) is 17.7 Å². The van der Waals surface area contributed by atoms with Crippen molar-refractivity contribution in [2.24, 2.45) is 5.92 Å². The minimum atomic E-state index is -1.39. The molecule has 0 aliphatic heterocycles. The average Bonchev–Trinajstić information content (AvgIpc) is 2.33. The van der Waals surface area contributed by atoms with E-state index in [0.717, 1.165) is 37.3 Å². The second kappa shape index (κ2) is 4.94.